The smallest absolute Gasteiger partial charge is 0.137 e. The molecule has 0 radical (unpaired) electrons. The molecule has 1 aromatic rings. The van der Waals surface area contributed by atoms with E-state index in [1.807, 2.05) is 36.6 Å². The van der Waals surface area contributed by atoms with Crippen LogP contribution in [0.2, 0.25) is 0 Å². The molecule has 2 rings (SSSR count). The quantitative estimate of drug-likeness (QED) is 0.892. The van der Waals surface area contributed by atoms with Gasteiger partial charge in [0.2, 0.25) is 0 Å². The number of nitrogens with one attached hydrogen (secondary N) is 1. The Bertz CT molecular complexity index is 397. The van der Waals surface area contributed by atoms with Gasteiger partial charge in [-0.2, -0.15) is 23.5 Å². The van der Waals surface area contributed by atoms with Crippen LogP contribution in [0.5, 0.6) is 0 Å². The molecule has 1 aromatic carbocycles. The van der Waals surface area contributed by atoms with Crippen molar-refractivity contribution in [3.05, 3.63) is 34.1 Å². The van der Waals surface area contributed by atoms with E-state index in [0.29, 0.717) is 15.8 Å². The second kappa shape index (κ2) is 7.17. The first kappa shape index (κ1) is 14.7. The van der Waals surface area contributed by atoms with Crippen LogP contribution in [-0.4, -0.2) is 35.6 Å². The van der Waals surface area contributed by atoms with E-state index in [9.17, 15) is 4.39 Å². The van der Waals surface area contributed by atoms with Gasteiger partial charge >= 0.3 is 0 Å². The van der Waals surface area contributed by atoms with Gasteiger partial charge in [0.25, 0.3) is 0 Å². The van der Waals surface area contributed by atoms with Crippen LogP contribution in [0, 0.1) is 5.82 Å². The minimum atomic E-state index is -0.173. The van der Waals surface area contributed by atoms with Gasteiger partial charge in [-0.3, -0.25) is 0 Å². The first-order chi connectivity index (χ1) is 8.72. The van der Waals surface area contributed by atoms with Gasteiger partial charge in [0.05, 0.1) is 4.47 Å². The molecule has 0 amide bonds. The molecule has 1 aliphatic rings. The third-order valence-electron chi connectivity index (χ3n) is 3.13. The third-order valence-corrected chi connectivity index (χ3v) is 6.94. The summed E-state index contributed by atoms with van der Waals surface area (Å²) in [5.41, 5.74) is 1.05. The average molecular weight is 350 g/mol. The molecule has 0 bridgehead atoms. The van der Waals surface area contributed by atoms with Crippen molar-refractivity contribution in [3.63, 3.8) is 0 Å². The van der Waals surface area contributed by atoms with E-state index in [1.165, 1.54) is 23.3 Å². The second-order valence-corrected chi connectivity index (χ2v) is 7.59. The fourth-order valence-corrected chi connectivity index (χ4v) is 5.46. The SMILES string of the molecule is CNC(Cc1cccc(F)c1Br)C1CSCCS1. The molecule has 2 unspecified atom stereocenters. The van der Waals surface area contributed by atoms with E-state index in [-0.39, 0.29) is 5.82 Å². The normalized spacial score (nSPS) is 21.8. The highest BCUT2D eigenvalue weighted by molar-refractivity contribution is 9.10. The lowest BCUT2D eigenvalue weighted by Crippen LogP contribution is -2.40. The van der Waals surface area contributed by atoms with Gasteiger partial charge in [0, 0.05) is 28.6 Å². The van der Waals surface area contributed by atoms with Crippen LogP contribution in [0.15, 0.2) is 22.7 Å². The number of benzene rings is 1. The number of halogens is 2. The van der Waals surface area contributed by atoms with Crippen molar-refractivity contribution in [1.82, 2.24) is 5.32 Å². The minimum absolute atomic E-state index is 0.173. The zero-order valence-electron chi connectivity index (χ0n) is 10.3. The summed E-state index contributed by atoms with van der Waals surface area (Å²) in [5, 5.41) is 4.00. The molecule has 1 fully saturated rings. The highest BCUT2D eigenvalue weighted by Crippen LogP contribution is 2.29. The van der Waals surface area contributed by atoms with Crippen LogP contribution in [0.4, 0.5) is 4.39 Å². The molecule has 0 spiro atoms. The van der Waals surface area contributed by atoms with Crippen molar-refractivity contribution in [3.8, 4) is 0 Å². The number of thioether (sulfide) groups is 2. The van der Waals surface area contributed by atoms with Crippen LogP contribution in [0.3, 0.4) is 0 Å². The first-order valence-corrected chi connectivity index (χ1v) is 9.01. The lowest BCUT2D eigenvalue weighted by atomic mass is 10.0. The molecule has 0 aliphatic carbocycles. The molecule has 1 aliphatic heterocycles. The topological polar surface area (TPSA) is 12.0 Å². The van der Waals surface area contributed by atoms with Crippen molar-refractivity contribution in [1.29, 1.82) is 0 Å². The largest absolute Gasteiger partial charge is 0.316 e. The summed E-state index contributed by atoms with van der Waals surface area (Å²) in [6.45, 7) is 0. The molecule has 0 saturated carbocycles. The molecule has 1 heterocycles. The molecule has 5 heteroatoms. The van der Waals surface area contributed by atoms with Gasteiger partial charge in [-0.05, 0) is 41.0 Å². The summed E-state index contributed by atoms with van der Waals surface area (Å²) in [6, 6.07) is 5.68. The van der Waals surface area contributed by atoms with E-state index >= 15 is 0 Å². The Hall–Kier alpha value is 0.290. The molecule has 2 atom stereocenters. The maximum Gasteiger partial charge on any atom is 0.137 e. The standard InChI is InChI=1S/C13H17BrFNS2/c1-16-11(12-8-17-5-6-18-12)7-9-3-2-4-10(15)13(9)14/h2-4,11-12,16H,5-8H2,1H3. The molecular formula is C13H17BrFNS2. The maximum absolute atomic E-state index is 13.5. The van der Waals surface area contributed by atoms with Crippen LogP contribution in [0.25, 0.3) is 0 Å². The number of hydrogen-bond acceptors (Lipinski definition) is 3. The number of rotatable bonds is 4. The van der Waals surface area contributed by atoms with Crippen molar-refractivity contribution in [2.75, 3.05) is 24.3 Å². The summed E-state index contributed by atoms with van der Waals surface area (Å²) < 4.78 is 14.1. The van der Waals surface area contributed by atoms with E-state index in [2.05, 4.69) is 21.2 Å². The monoisotopic (exact) mass is 349 g/mol. The number of hydrogen-bond donors (Lipinski definition) is 1. The summed E-state index contributed by atoms with van der Waals surface area (Å²) in [6.07, 6.45) is 0.868. The van der Waals surface area contributed by atoms with Gasteiger partial charge < -0.3 is 5.32 Å². The van der Waals surface area contributed by atoms with E-state index in [1.54, 1.807) is 6.07 Å². The number of likely N-dealkylation sites (N-methyl/N-ethyl adjacent to an activating group) is 1. The Kier molecular flexibility index (Phi) is 5.86. The van der Waals surface area contributed by atoms with Crippen molar-refractivity contribution >= 4 is 39.5 Å². The second-order valence-electron chi connectivity index (χ2n) is 4.30. The summed E-state index contributed by atoms with van der Waals surface area (Å²) in [5.74, 6) is 3.48. The van der Waals surface area contributed by atoms with Crippen LogP contribution in [0.1, 0.15) is 5.56 Å². The zero-order valence-corrected chi connectivity index (χ0v) is 13.5. The Labute approximate surface area is 125 Å². The Morgan fingerprint density at radius 3 is 3.00 bits per heavy atom. The summed E-state index contributed by atoms with van der Waals surface area (Å²) in [7, 11) is 2.00. The van der Waals surface area contributed by atoms with Crippen molar-refractivity contribution in [2.24, 2.45) is 0 Å². The average Bonchev–Trinajstić information content (AvgIpc) is 2.41. The third kappa shape index (κ3) is 3.65. The van der Waals surface area contributed by atoms with Crippen LogP contribution >= 0.6 is 39.5 Å². The summed E-state index contributed by atoms with van der Waals surface area (Å²) >= 11 is 7.40. The van der Waals surface area contributed by atoms with E-state index < -0.39 is 0 Å². The summed E-state index contributed by atoms with van der Waals surface area (Å²) in [4.78, 5) is 0. The van der Waals surface area contributed by atoms with Gasteiger partial charge in [0.15, 0.2) is 0 Å². The van der Waals surface area contributed by atoms with Crippen molar-refractivity contribution in [2.45, 2.75) is 17.7 Å². The van der Waals surface area contributed by atoms with Gasteiger partial charge in [0.1, 0.15) is 5.82 Å². The fourth-order valence-electron chi connectivity index (χ4n) is 2.10. The highest BCUT2D eigenvalue weighted by Gasteiger charge is 2.24. The Morgan fingerprint density at radius 1 is 1.50 bits per heavy atom. The minimum Gasteiger partial charge on any atom is -0.316 e. The molecule has 1 saturated heterocycles. The molecule has 18 heavy (non-hydrogen) atoms. The first-order valence-electron chi connectivity index (χ1n) is 6.02. The van der Waals surface area contributed by atoms with Gasteiger partial charge in [-0.15, -0.1) is 0 Å². The van der Waals surface area contributed by atoms with Gasteiger partial charge in [-0.25, -0.2) is 4.39 Å². The van der Waals surface area contributed by atoms with E-state index in [4.69, 9.17) is 0 Å². The molecule has 0 aromatic heterocycles. The maximum atomic E-state index is 13.5. The Balaban J connectivity index is 2.07. The predicted octanol–water partition coefficient (Wildman–Crippen LogP) is 3.57. The zero-order chi connectivity index (χ0) is 13.0. The van der Waals surface area contributed by atoms with Crippen LogP contribution < -0.4 is 5.32 Å². The van der Waals surface area contributed by atoms with Gasteiger partial charge in [-0.1, -0.05) is 12.1 Å². The highest BCUT2D eigenvalue weighted by atomic mass is 79.9. The lowest BCUT2D eigenvalue weighted by molar-refractivity contribution is 0.551. The van der Waals surface area contributed by atoms with E-state index in [0.717, 1.165) is 12.0 Å². The molecule has 100 valence electrons. The Morgan fingerprint density at radius 2 is 2.33 bits per heavy atom. The predicted molar refractivity (Wildman–Crippen MR) is 84.2 cm³/mol. The molecular weight excluding hydrogens is 333 g/mol. The molecule has 1 nitrogen and oxygen atoms in total. The fraction of sp³-hybridized carbons (Fsp3) is 0.538. The van der Waals surface area contributed by atoms with Crippen molar-refractivity contribution < 1.29 is 4.39 Å². The molecule has 1 N–H and O–H groups in total. The lowest BCUT2D eigenvalue weighted by Gasteiger charge is -2.29. The van der Waals surface area contributed by atoms with Crippen LogP contribution in [-0.2, 0) is 6.42 Å².